The Morgan fingerprint density at radius 2 is 1.34 bits per heavy atom. The molecule has 10 heteroatoms. The molecular weight excluding hydrogens is 617 g/mol. The Balaban J connectivity index is 1.83. The van der Waals surface area contributed by atoms with Crippen LogP contribution in [0.2, 0.25) is 10.0 Å². The monoisotopic (exact) mass is 651 g/mol. The lowest BCUT2D eigenvalue weighted by molar-refractivity contribution is -0.140. The summed E-state index contributed by atoms with van der Waals surface area (Å²) in [6, 6.07) is 29.9. The lowest BCUT2D eigenvalue weighted by atomic mass is 10.0. The van der Waals surface area contributed by atoms with Crippen LogP contribution in [0.1, 0.15) is 31.9 Å². The molecule has 4 aromatic carbocycles. The maximum absolute atomic E-state index is 14.5. The summed E-state index contributed by atoms with van der Waals surface area (Å²) in [7, 11) is -4.29. The van der Waals surface area contributed by atoms with E-state index in [1.165, 1.54) is 35.2 Å². The maximum Gasteiger partial charge on any atom is 0.264 e. The number of anilines is 1. The fourth-order valence-corrected chi connectivity index (χ4v) is 6.58. The topological polar surface area (TPSA) is 86.8 Å². The molecule has 0 unspecified atom stereocenters. The van der Waals surface area contributed by atoms with Crippen molar-refractivity contribution in [2.75, 3.05) is 10.8 Å². The van der Waals surface area contributed by atoms with E-state index in [1.54, 1.807) is 18.2 Å². The SMILES string of the molecule is CC(C)(C)NC(=O)[C@H](Cc1ccccc1)N(Cc1ccccc1)C(=O)CN(c1cc(Cl)ccc1Cl)S(=O)(=O)c1ccccc1. The standard InChI is InChI=1S/C34H35Cl2N3O4S/c1-34(2,3)37-33(41)31(21-25-13-7-4-8-14-25)38(23-26-15-9-5-10-16-26)32(40)24-39(30-22-27(35)19-20-29(30)36)44(42,43)28-17-11-6-12-18-28/h4-20,22,31H,21,23-24H2,1-3H3,(H,37,41)/t31-/m0/s1. The molecule has 0 radical (unpaired) electrons. The molecule has 7 nitrogen and oxygen atoms in total. The number of amides is 2. The quantitative estimate of drug-likeness (QED) is 0.194. The van der Waals surface area contributed by atoms with Crippen molar-refractivity contribution in [3.05, 3.63) is 130 Å². The summed E-state index contributed by atoms with van der Waals surface area (Å²) >= 11 is 12.8. The van der Waals surface area contributed by atoms with E-state index in [1.807, 2.05) is 81.4 Å². The van der Waals surface area contributed by atoms with Crippen LogP contribution in [0.25, 0.3) is 0 Å². The largest absolute Gasteiger partial charge is 0.350 e. The predicted molar refractivity (Wildman–Crippen MR) is 176 cm³/mol. The van der Waals surface area contributed by atoms with E-state index in [0.29, 0.717) is 0 Å². The normalized spacial score (nSPS) is 12.3. The summed E-state index contributed by atoms with van der Waals surface area (Å²) < 4.78 is 29.1. The van der Waals surface area contributed by atoms with Gasteiger partial charge < -0.3 is 10.2 Å². The van der Waals surface area contributed by atoms with Gasteiger partial charge in [0, 0.05) is 23.5 Å². The van der Waals surface area contributed by atoms with Crippen LogP contribution >= 0.6 is 23.2 Å². The highest BCUT2D eigenvalue weighted by Gasteiger charge is 2.36. The van der Waals surface area contributed by atoms with Gasteiger partial charge in [0.15, 0.2) is 0 Å². The molecule has 1 atom stereocenters. The molecule has 0 fully saturated rings. The van der Waals surface area contributed by atoms with Gasteiger partial charge >= 0.3 is 0 Å². The molecule has 0 saturated carbocycles. The van der Waals surface area contributed by atoms with Crippen LogP contribution in [0.15, 0.2) is 114 Å². The van der Waals surface area contributed by atoms with Crippen LogP contribution in [0.5, 0.6) is 0 Å². The van der Waals surface area contributed by atoms with Crippen LogP contribution in [0.3, 0.4) is 0 Å². The minimum Gasteiger partial charge on any atom is -0.350 e. The predicted octanol–water partition coefficient (Wildman–Crippen LogP) is 6.74. The third kappa shape index (κ3) is 8.62. The van der Waals surface area contributed by atoms with Gasteiger partial charge in [-0.15, -0.1) is 0 Å². The first-order chi connectivity index (χ1) is 20.8. The van der Waals surface area contributed by atoms with Gasteiger partial charge in [0.2, 0.25) is 11.8 Å². The Morgan fingerprint density at radius 3 is 1.91 bits per heavy atom. The Kier molecular flexibility index (Phi) is 10.7. The van der Waals surface area contributed by atoms with Crippen LogP contribution in [-0.4, -0.2) is 43.3 Å². The van der Waals surface area contributed by atoms with Crippen molar-refractivity contribution in [1.29, 1.82) is 0 Å². The number of halogens is 2. The van der Waals surface area contributed by atoms with Gasteiger partial charge in [-0.3, -0.25) is 13.9 Å². The lowest BCUT2D eigenvalue weighted by Crippen LogP contribution is -2.56. The molecule has 4 aromatic rings. The van der Waals surface area contributed by atoms with Gasteiger partial charge in [0.1, 0.15) is 12.6 Å². The van der Waals surface area contributed by atoms with Crippen molar-refractivity contribution < 1.29 is 18.0 Å². The number of carbonyl (C=O) groups excluding carboxylic acids is 2. The summed E-state index contributed by atoms with van der Waals surface area (Å²) in [5.74, 6) is -0.946. The molecule has 0 aliphatic rings. The average Bonchev–Trinajstić information content (AvgIpc) is 2.99. The zero-order valence-electron chi connectivity index (χ0n) is 24.8. The van der Waals surface area contributed by atoms with Gasteiger partial charge in [-0.2, -0.15) is 0 Å². The number of rotatable bonds is 11. The Labute approximate surface area is 269 Å². The van der Waals surface area contributed by atoms with E-state index >= 15 is 0 Å². The summed E-state index contributed by atoms with van der Waals surface area (Å²) in [4.78, 5) is 29.8. The summed E-state index contributed by atoms with van der Waals surface area (Å²) in [6.07, 6.45) is 0.213. The zero-order valence-corrected chi connectivity index (χ0v) is 27.1. The number of benzene rings is 4. The van der Waals surface area contributed by atoms with E-state index in [4.69, 9.17) is 23.2 Å². The number of carbonyl (C=O) groups is 2. The Bertz CT molecular complexity index is 1680. The van der Waals surface area contributed by atoms with Gasteiger partial charge in [-0.25, -0.2) is 8.42 Å². The second-order valence-corrected chi connectivity index (χ2v) is 14.1. The number of hydrogen-bond donors (Lipinski definition) is 1. The Hall–Kier alpha value is -3.85. The van der Waals surface area contributed by atoms with Crippen LogP contribution in [0, 0.1) is 0 Å². The Morgan fingerprint density at radius 1 is 0.795 bits per heavy atom. The summed E-state index contributed by atoms with van der Waals surface area (Å²) in [5.41, 5.74) is 1.10. The van der Waals surface area contributed by atoms with E-state index in [-0.39, 0.29) is 39.5 Å². The van der Waals surface area contributed by atoms with Crippen LogP contribution in [0.4, 0.5) is 5.69 Å². The van der Waals surface area contributed by atoms with Crippen LogP contribution in [-0.2, 0) is 32.6 Å². The first kappa shape index (κ1) is 33.1. The molecule has 0 heterocycles. The minimum absolute atomic E-state index is 0.0234. The van der Waals surface area contributed by atoms with E-state index in [2.05, 4.69) is 5.32 Å². The molecule has 0 bridgehead atoms. The molecule has 4 rings (SSSR count). The molecular formula is C34H35Cl2N3O4S. The highest BCUT2D eigenvalue weighted by Crippen LogP contribution is 2.33. The lowest BCUT2D eigenvalue weighted by Gasteiger charge is -2.35. The fourth-order valence-electron chi connectivity index (χ4n) is 4.70. The highest BCUT2D eigenvalue weighted by molar-refractivity contribution is 7.92. The van der Waals surface area contributed by atoms with E-state index in [9.17, 15) is 18.0 Å². The summed E-state index contributed by atoms with van der Waals surface area (Å²) in [5, 5.41) is 3.36. The molecule has 0 aliphatic heterocycles. The highest BCUT2D eigenvalue weighted by atomic mass is 35.5. The number of nitrogens with zero attached hydrogens (tertiary/aromatic N) is 2. The van der Waals surface area contributed by atoms with Crippen molar-refractivity contribution in [1.82, 2.24) is 10.2 Å². The third-order valence-electron chi connectivity index (χ3n) is 6.75. The van der Waals surface area contributed by atoms with Crippen molar-refractivity contribution in [2.24, 2.45) is 0 Å². The number of sulfonamides is 1. The molecule has 0 aromatic heterocycles. The van der Waals surface area contributed by atoms with E-state index < -0.39 is 34.1 Å². The third-order valence-corrected chi connectivity index (χ3v) is 9.08. The molecule has 44 heavy (non-hydrogen) atoms. The number of hydrogen-bond acceptors (Lipinski definition) is 4. The van der Waals surface area contributed by atoms with Crippen LogP contribution < -0.4 is 9.62 Å². The second kappa shape index (κ2) is 14.3. The smallest absolute Gasteiger partial charge is 0.264 e. The van der Waals surface area contributed by atoms with Gasteiger partial charge in [0.05, 0.1) is 15.6 Å². The summed E-state index contributed by atoms with van der Waals surface area (Å²) in [6.45, 7) is 5.03. The van der Waals surface area contributed by atoms with Crippen molar-refractivity contribution >= 4 is 50.7 Å². The molecule has 2 amide bonds. The zero-order chi connectivity index (χ0) is 31.9. The van der Waals surface area contributed by atoms with Crippen molar-refractivity contribution in [3.63, 3.8) is 0 Å². The molecule has 1 N–H and O–H groups in total. The fraction of sp³-hybridized carbons (Fsp3) is 0.235. The first-order valence-electron chi connectivity index (χ1n) is 14.1. The van der Waals surface area contributed by atoms with Gasteiger partial charge in [0.25, 0.3) is 10.0 Å². The van der Waals surface area contributed by atoms with Crippen molar-refractivity contribution in [2.45, 2.75) is 50.2 Å². The molecule has 230 valence electrons. The van der Waals surface area contributed by atoms with Gasteiger partial charge in [-0.05, 0) is 62.2 Å². The van der Waals surface area contributed by atoms with Crippen molar-refractivity contribution in [3.8, 4) is 0 Å². The molecule has 0 aliphatic carbocycles. The molecule has 0 saturated heterocycles. The number of nitrogens with one attached hydrogen (secondary N) is 1. The average molecular weight is 653 g/mol. The minimum atomic E-state index is -4.29. The second-order valence-electron chi connectivity index (χ2n) is 11.4. The molecule has 0 spiro atoms. The van der Waals surface area contributed by atoms with Gasteiger partial charge in [-0.1, -0.05) is 102 Å². The maximum atomic E-state index is 14.5. The first-order valence-corrected chi connectivity index (χ1v) is 16.3. The van der Waals surface area contributed by atoms with E-state index in [0.717, 1.165) is 15.4 Å².